The van der Waals surface area contributed by atoms with Crippen LogP contribution in [-0.2, 0) is 22.7 Å². The first-order valence-electron chi connectivity index (χ1n) is 10.0. The summed E-state index contributed by atoms with van der Waals surface area (Å²) in [6, 6.07) is 17.4. The maximum absolute atomic E-state index is 12.4. The van der Waals surface area contributed by atoms with Crippen LogP contribution in [0.1, 0.15) is 32.2 Å². The summed E-state index contributed by atoms with van der Waals surface area (Å²) < 4.78 is 17.6. The Kier molecular flexibility index (Phi) is 7.57. The van der Waals surface area contributed by atoms with Crippen molar-refractivity contribution in [1.82, 2.24) is 14.8 Å². The minimum Gasteiger partial charge on any atom is -0.497 e. The van der Waals surface area contributed by atoms with E-state index in [-0.39, 0.29) is 12.6 Å². The second-order valence-electron chi connectivity index (χ2n) is 7.27. The van der Waals surface area contributed by atoms with Crippen LogP contribution in [0.4, 0.5) is 0 Å². The lowest BCUT2D eigenvalue weighted by atomic mass is 10.2. The summed E-state index contributed by atoms with van der Waals surface area (Å²) in [6.07, 6.45) is 0. The first-order chi connectivity index (χ1) is 14.9. The van der Waals surface area contributed by atoms with Gasteiger partial charge in [0.2, 0.25) is 0 Å². The topological polar surface area (TPSA) is 75.5 Å². The van der Waals surface area contributed by atoms with Crippen LogP contribution in [0.15, 0.2) is 59.8 Å². The van der Waals surface area contributed by atoms with E-state index in [1.807, 2.05) is 73.0 Å². The highest BCUT2D eigenvalue weighted by Crippen LogP contribution is 2.33. The number of hydrogen-bond donors (Lipinski definition) is 0. The highest BCUT2D eigenvalue weighted by Gasteiger charge is 2.33. The summed E-state index contributed by atoms with van der Waals surface area (Å²) in [5, 5.41) is 9.32. The van der Waals surface area contributed by atoms with Crippen molar-refractivity contribution in [3.05, 3.63) is 66.0 Å². The number of rotatable bonds is 10. The first kappa shape index (κ1) is 22.7. The molecular formula is C23H27N3O4S. The summed E-state index contributed by atoms with van der Waals surface area (Å²) in [7, 11) is 1.62. The van der Waals surface area contributed by atoms with E-state index in [0.717, 1.165) is 11.3 Å². The van der Waals surface area contributed by atoms with Gasteiger partial charge in [-0.05, 0) is 38.5 Å². The number of nitrogens with zero attached hydrogens (tertiary/aromatic N) is 3. The molecule has 3 rings (SSSR count). The third-order valence-corrected chi connectivity index (χ3v) is 5.66. The number of aromatic nitrogens is 3. The van der Waals surface area contributed by atoms with Gasteiger partial charge in [-0.25, -0.2) is 0 Å². The maximum Gasteiger partial charge on any atom is 0.322 e. The molecule has 0 N–H and O–H groups in total. The molecule has 7 nitrogen and oxygen atoms in total. The molecule has 3 aromatic rings. The molecule has 8 heteroatoms. The second kappa shape index (κ2) is 10.3. The number of hydrogen-bond acceptors (Lipinski definition) is 7. The van der Waals surface area contributed by atoms with Crippen molar-refractivity contribution >= 4 is 17.7 Å². The average molecular weight is 442 g/mol. The van der Waals surface area contributed by atoms with E-state index < -0.39 is 4.75 Å². The van der Waals surface area contributed by atoms with E-state index in [2.05, 4.69) is 10.2 Å². The van der Waals surface area contributed by atoms with Gasteiger partial charge in [-0.15, -0.1) is 10.2 Å². The van der Waals surface area contributed by atoms with Crippen molar-refractivity contribution in [2.45, 2.75) is 43.8 Å². The van der Waals surface area contributed by atoms with E-state index in [1.54, 1.807) is 14.0 Å². The molecule has 0 saturated carbocycles. The van der Waals surface area contributed by atoms with Gasteiger partial charge in [-0.1, -0.05) is 48.2 Å². The van der Waals surface area contributed by atoms with Gasteiger partial charge in [0.15, 0.2) is 11.0 Å². The van der Waals surface area contributed by atoms with Gasteiger partial charge in [-0.2, -0.15) is 0 Å². The van der Waals surface area contributed by atoms with Crippen molar-refractivity contribution in [1.29, 1.82) is 0 Å². The van der Waals surface area contributed by atoms with Gasteiger partial charge in [-0.3, -0.25) is 9.36 Å². The number of benzene rings is 2. The van der Waals surface area contributed by atoms with Gasteiger partial charge in [0, 0.05) is 6.07 Å². The third kappa shape index (κ3) is 6.01. The van der Waals surface area contributed by atoms with Crippen molar-refractivity contribution < 1.29 is 19.0 Å². The lowest BCUT2D eigenvalue weighted by Crippen LogP contribution is -2.30. The molecule has 0 fully saturated rings. The van der Waals surface area contributed by atoms with Crippen LogP contribution >= 0.6 is 11.8 Å². The van der Waals surface area contributed by atoms with Crippen molar-refractivity contribution in [3.8, 4) is 11.5 Å². The standard InChI is InChI=1S/C23H27N3O4S/c1-5-29-21(27)23(2,3)31-22-25-24-20(26(22)15-17-10-7-6-8-11-17)16-30-19-13-9-12-18(14-19)28-4/h6-14H,5,15-16H2,1-4H3. The van der Waals surface area contributed by atoms with E-state index in [1.165, 1.54) is 11.8 Å². The average Bonchev–Trinajstić information content (AvgIpc) is 3.13. The quantitative estimate of drug-likeness (QED) is 0.342. The van der Waals surface area contributed by atoms with E-state index >= 15 is 0 Å². The summed E-state index contributed by atoms with van der Waals surface area (Å²) in [4.78, 5) is 12.4. The lowest BCUT2D eigenvalue weighted by Gasteiger charge is -2.21. The van der Waals surface area contributed by atoms with Crippen molar-refractivity contribution in [3.63, 3.8) is 0 Å². The molecule has 1 heterocycles. The number of carbonyl (C=O) groups is 1. The largest absolute Gasteiger partial charge is 0.497 e. The van der Waals surface area contributed by atoms with Crippen LogP contribution in [0.25, 0.3) is 0 Å². The third-order valence-electron chi connectivity index (χ3n) is 4.50. The zero-order valence-corrected chi connectivity index (χ0v) is 19.0. The van der Waals surface area contributed by atoms with Crippen LogP contribution < -0.4 is 9.47 Å². The van der Waals surface area contributed by atoms with Crippen LogP contribution in [0.3, 0.4) is 0 Å². The zero-order chi connectivity index (χ0) is 22.3. The minimum atomic E-state index is -0.803. The van der Waals surface area contributed by atoms with Gasteiger partial charge in [0.1, 0.15) is 22.9 Å². The highest BCUT2D eigenvalue weighted by molar-refractivity contribution is 8.01. The molecule has 31 heavy (non-hydrogen) atoms. The molecule has 0 radical (unpaired) electrons. The smallest absolute Gasteiger partial charge is 0.322 e. The second-order valence-corrected chi connectivity index (χ2v) is 8.86. The van der Waals surface area contributed by atoms with E-state index in [0.29, 0.717) is 29.9 Å². The molecule has 164 valence electrons. The maximum atomic E-state index is 12.4. The molecule has 1 aromatic heterocycles. The van der Waals surface area contributed by atoms with Crippen molar-refractivity contribution in [2.75, 3.05) is 13.7 Å². The number of thioether (sulfide) groups is 1. The first-order valence-corrected chi connectivity index (χ1v) is 10.8. The van der Waals surface area contributed by atoms with Gasteiger partial charge in [0.25, 0.3) is 0 Å². The zero-order valence-electron chi connectivity index (χ0n) is 18.2. The lowest BCUT2D eigenvalue weighted by molar-refractivity contribution is -0.145. The Morgan fingerprint density at radius 2 is 1.81 bits per heavy atom. The number of esters is 1. The molecule has 0 amide bonds. The van der Waals surface area contributed by atoms with E-state index in [9.17, 15) is 4.79 Å². The molecule has 0 saturated heterocycles. The Morgan fingerprint density at radius 1 is 1.06 bits per heavy atom. The summed E-state index contributed by atoms with van der Waals surface area (Å²) in [6.45, 7) is 6.57. The number of methoxy groups -OCH3 is 1. The predicted molar refractivity (Wildman–Crippen MR) is 119 cm³/mol. The Hall–Kier alpha value is -3.00. The molecule has 0 unspecified atom stereocenters. The fraction of sp³-hybridized carbons (Fsp3) is 0.348. The molecule has 2 aromatic carbocycles. The SMILES string of the molecule is CCOC(=O)C(C)(C)Sc1nnc(COc2cccc(OC)c2)n1Cc1ccccc1. The molecule has 0 spiro atoms. The molecular weight excluding hydrogens is 414 g/mol. The molecule has 0 aliphatic carbocycles. The Bertz CT molecular complexity index is 1010. The minimum absolute atomic E-state index is 0.230. The summed E-state index contributed by atoms with van der Waals surface area (Å²) in [5.41, 5.74) is 1.10. The normalized spacial score (nSPS) is 11.2. The highest BCUT2D eigenvalue weighted by atomic mass is 32.2. The molecule has 0 aliphatic heterocycles. The van der Waals surface area contributed by atoms with E-state index in [4.69, 9.17) is 14.2 Å². The van der Waals surface area contributed by atoms with Crippen LogP contribution in [0, 0.1) is 0 Å². The van der Waals surface area contributed by atoms with Crippen LogP contribution in [0.2, 0.25) is 0 Å². The number of carbonyl (C=O) groups excluding carboxylic acids is 1. The summed E-state index contributed by atoms with van der Waals surface area (Å²) in [5.74, 6) is 1.77. The fourth-order valence-corrected chi connectivity index (χ4v) is 3.80. The van der Waals surface area contributed by atoms with Gasteiger partial charge in [0.05, 0.1) is 20.3 Å². The Labute approximate surface area is 186 Å². The monoisotopic (exact) mass is 441 g/mol. The van der Waals surface area contributed by atoms with Crippen LogP contribution in [0.5, 0.6) is 11.5 Å². The Balaban J connectivity index is 1.85. The fourth-order valence-electron chi connectivity index (χ4n) is 2.84. The molecule has 0 aliphatic rings. The Morgan fingerprint density at radius 3 is 2.52 bits per heavy atom. The number of ether oxygens (including phenoxy) is 3. The van der Waals surface area contributed by atoms with Gasteiger partial charge < -0.3 is 14.2 Å². The molecule has 0 atom stereocenters. The predicted octanol–water partition coefficient (Wildman–Crippen LogP) is 4.35. The van der Waals surface area contributed by atoms with Crippen molar-refractivity contribution in [2.24, 2.45) is 0 Å². The van der Waals surface area contributed by atoms with Gasteiger partial charge >= 0.3 is 5.97 Å². The summed E-state index contributed by atoms with van der Waals surface area (Å²) >= 11 is 1.33. The van der Waals surface area contributed by atoms with Crippen LogP contribution in [-0.4, -0.2) is 39.2 Å². The molecule has 0 bridgehead atoms.